The zero-order valence-corrected chi connectivity index (χ0v) is 12.9. The Bertz CT molecular complexity index is 635. The Morgan fingerprint density at radius 1 is 1.40 bits per heavy atom. The van der Waals surface area contributed by atoms with Gasteiger partial charge < -0.3 is 4.90 Å². The van der Waals surface area contributed by atoms with Gasteiger partial charge in [0, 0.05) is 28.3 Å². The Balaban J connectivity index is 3.31. The second kappa shape index (κ2) is 6.24. The number of benzene rings is 1. The van der Waals surface area contributed by atoms with Crippen molar-refractivity contribution in [1.29, 1.82) is 0 Å². The molecule has 0 fully saturated rings. The Labute approximate surface area is 124 Å². The van der Waals surface area contributed by atoms with E-state index < -0.39 is 27.9 Å². The Kier molecular flexibility index (Phi) is 5.34. The van der Waals surface area contributed by atoms with Crippen LogP contribution in [-0.2, 0) is 9.05 Å². The summed E-state index contributed by atoms with van der Waals surface area (Å²) in [6.45, 7) is 0.712. The summed E-state index contributed by atoms with van der Waals surface area (Å²) in [6.07, 6.45) is -2.69. The van der Waals surface area contributed by atoms with E-state index in [4.69, 9.17) is 22.3 Å². The topological polar surface area (TPSA) is 54.5 Å². The van der Waals surface area contributed by atoms with E-state index in [1.807, 2.05) is 0 Å². The van der Waals surface area contributed by atoms with E-state index in [1.54, 1.807) is 0 Å². The molecule has 0 saturated carbocycles. The van der Waals surface area contributed by atoms with Gasteiger partial charge in [0.1, 0.15) is 0 Å². The monoisotopic (exact) mass is 345 g/mol. The Morgan fingerprint density at radius 3 is 2.40 bits per heavy atom. The highest BCUT2D eigenvalue weighted by atomic mass is 35.7. The van der Waals surface area contributed by atoms with Gasteiger partial charge in [0.25, 0.3) is 21.4 Å². The van der Waals surface area contributed by atoms with Crippen LogP contribution in [-0.4, -0.2) is 39.2 Å². The predicted molar refractivity (Wildman–Crippen MR) is 72.2 cm³/mol. The summed E-state index contributed by atoms with van der Waals surface area (Å²) in [7, 11) is 2.30. The van der Waals surface area contributed by atoms with Crippen LogP contribution in [0.4, 0.5) is 8.78 Å². The molecule has 0 aliphatic carbocycles. The van der Waals surface area contributed by atoms with Gasteiger partial charge in [0.05, 0.1) is 11.4 Å². The van der Waals surface area contributed by atoms with Crippen molar-refractivity contribution in [3.63, 3.8) is 0 Å². The second-order valence-electron chi connectivity index (χ2n) is 4.09. The maximum atomic E-state index is 12.3. The van der Waals surface area contributed by atoms with Gasteiger partial charge in [-0.15, -0.1) is 0 Å². The molecule has 1 aromatic rings. The molecule has 1 amide bonds. The first-order valence-electron chi connectivity index (χ1n) is 5.32. The normalized spacial score (nSPS) is 11.8. The van der Waals surface area contributed by atoms with Crippen LogP contribution in [0.1, 0.15) is 15.9 Å². The van der Waals surface area contributed by atoms with Gasteiger partial charge in [0.15, 0.2) is 0 Å². The van der Waals surface area contributed by atoms with Gasteiger partial charge in [-0.3, -0.25) is 4.79 Å². The van der Waals surface area contributed by atoms with Crippen LogP contribution in [0, 0.1) is 6.92 Å². The van der Waals surface area contributed by atoms with Crippen molar-refractivity contribution in [2.24, 2.45) is 0 Å². The fourth-order valence-corrected chi connectivity index (χ4v) is 2.58. The summed E-state index contributed by atoms with van der Waals surface area (Å²) in [5, 5.41) is 0.0144. The number of carbonyl (C=O) groups is 1. The van der Waals surface area contributed by atoms with Crippen molar-refractivity contribution in [3.8, 4) is 0 Å². The fraction of sp³-hybridized carbons (Fsp3) is 0.364. The Morgan fingerprint density at radius 2 is 1.95 bits per heavy atom. The quantitative estimate of drug-likeness (QED) is 0.788. The summed E-state index contributed by atoms with van der Waals surface area (Å²) >= 11 is 5.84. The predicted octanol–water partition coefficient (Wildman–Crippen LogP) is 2.91. The van der Waals surface area contributed by atoms with Crippen molar-refractivity contribution in [2.75, 3.05) is 13.6 Å². The molecule has 0 radical (unpaired) electrons. The van der Waals surface area contributed by atoms with Crippen LogP contribution in [0.25, 0.3) is 0 Å². The largest absolute Gasteiger partial charge is 0.336 e. The molecular weight excluding hydrogens is 335 g/mol. The van der Waals surface area contributed by atoms with Crippen molar-refractivity contribution in [2.45, 2.75) is 18.2 Å². The summed E-state index contributed by atoms with van der Waals surface area (Å²) in [5.41, 5.74) is 0.210. The van der Waals surface area contributed by atoms with E-state index in [1.165, 1.54) is 14.0 Å². The number of carbonyl (C=O) groups excluding carboxylic acids is 1. The molecule has 1 rings (SSSR count). The van der Waals surface area contributed by atoms with Crippen LogP contribution >= 0.6 is 22.3 Å². The standard InChI is InChI=1S/C11H11Cl2F2NO3S/c1-6-8(11(17)16(2)5-10(14)15)3-7(4-9(6)12)20(13,18)19/h3-4,10H,5H2,1-2H3. The second-order valence-corrected chi connectivity index (χ2v) is 7.07. The average Bonchev–Trinajstić information content (AvgIpc) is 2.29. The summed E-state index contributed by atoms with van der Waals surface area (Å²) in [6, 6.07) is 2.12. The molecule has 0 N–H and O–H groups in total. The number of nitrogens with zero attached hydrogens (tertiary/aromatic N) is 1. The van der Waals surface area contributed by atoms with E-state index in [9.17, 15) is 22.0 Å². The minimum atomic E-state index is -4.08. The molecule has 0 spiro atoms. The first kappa shape index (κ1) is 17.1. The van der Waals surface area contributed by atoms with Crippen LogP contribution < -0.4 is 0 Å². The zero-order valence-electron chi connectivity index (χ0n) is 10.5. The highest BCUT2D eigenvalue weighted by Crippen LogP contribution is 2.27. The number of rotatable bonds is 4. The first-order chi connectivity index (χ1) is 9.04. The lowest BCUT2D eigenvalue weighted by Crippen LogP contribution is -2.31. The molecule has 20 heavy (non-hydrogen) atoms. The third-order valence-electron chi connectivity index (χ3n) is 2.59. The number of alkyl halides is 2. The lowest BCUT2D eigenvalue weighted by atomic mass is 10.1. The maximum Gasteiger partial charge on any atom is 0.261 e. The van der Waals surface area contributed by atoms with E-state index in [2.05, 4.69) is 0 Å². The molecule has 112 valence electrons. The molecule has 0 aliphatic heterocycles. The van der Waals surface area contributed by atoms with Gasteiger partial charge in [-0.1, -0.05) is 11.6 Å². The molecule has 0 atom stereocenters. The van der Waals surface area contributed by atoms with Gasteiger partial charge in [-0.2, -0.15) is 0 Å². The number of amides is 1. The zero-order chi connectivity index (χ0) is 15.7. The minimum absolute atomic E-state index is 0.0144. The minimum Gasteiger partial charge on any atom is -0.336 e. The Hall–Kier alpha value is -0.920. The first-order valence-corrected chi connectivity index (χ1v) is 8.01. The highest BCUT2D eigenvalue weighted by Gasteiger charge is 2.22. The fourth-order valence-electron chi connectivity index (χ4n) is 1.51. The number of halogens is 4. The van der Waals surface area contributed by atoms with Crippen molar-refractivity contribution in [3.05, 3.63) is 28.3 Å². The third kappa shape index (κ3) is 4.04. The van der Waals surface area contributed by atoms with E-state index in [-0.39, 0.29) is 15.5 Å². The summed E-state index contributed by atoms with van der Waals surface area (Å²) in [4.78, 5) is 12.5. The van der Waals surface area contributed by atoms with Crippen molar-refractivity contribution in [1.82, 2.24) is 4.90 Å². The van der Waals surface area contributed by atoms with Crippen LogP contribution in [0.3, 0.4) is 0 Å². The molecule has 9 heteroatoms. The maximum absolute atomic E-state index is 12.3. The molecule has 0 unspecified atom stereocenters. The van der Waals surface area contributed by atoms with E-state index in [0.29, 0.717) is 5.56 Å². The summed E-state index contributed by atoms with van der Waals surface area (Å²) in [5.74, 6) is -0.758. The van der Waals surface area contributed by atoms with Crippen molar-refractivity contribution < 1.29 is 22.0 Å². The number of hydrogen-bond acceptors (Lipinski definition) is 3. The smallest absolute Gasteiger partial charge is 0.261 e. The van der Waals surface area contributed by atoms with E-state index in [0.717, 1.165) is 17.0 Å². The molecule has 0 aliphatic rings. The van der Waals surface area contributed by atoms with Crippen LogP contribution in [0.15, 0.2) is 17.0 Å². The summed E-state index contributed by atoms with van der Waals surface area (Å²) < 4.78 is 47.1. The third-order valence-corrected chi connectivity index (χ3v) is 4.31. The number of hydrogen-bond donors (Lipinski definition) is 0. The lowest BCUT2D eigenvalue weighted by Gasteiger charge is -2.18. The van der Waals surface area contributed by atoms with Crippen LogP contribution in [0.2, 0.25) is 5.02 Å². The molecule has 1 aromatic carbocycles. The average molecular weight is 346 g/mol. The molecule has 0 heterocycles. The molecule has 0 aromatic heterocycles. The SMILES string of the molecule is Cc1c(Cl)cc(S(=O)(=O)Cl)cc1C(=O)N(C)CC(F)F. The van der Waals surface area contributed by atoms with E-state index >= 15 is 0 Å². The lowest BCUT2D eigenvalue weighted by molar-refractivity contribution is 0.0619. The van der Waals surface area contributed by atoms with Gasteiger partial charge in [-0.05, 0) is 24.6 Å². The van der Waals surface area contributed by atoms with Crippen LogP contribution in [0.5, 0.6) is 0 Å². The van der Waals surface area contributed by atoms with Gasteiger partial charge >= 0.3 is 0 Å². The van der Waals surface area contributed by atoms with Gasteiger partial charge in [0.2, 0.25) is 0 Å². The highest BCUT2D eigenvalue weighted by molar-refractivity contribution is 8.13. The molecule has 0 saturated heterocycles. The van der Waals surface area contributed by atoms with Gasteiger partial charge in [-0.25, -0.2) is 17.2 Å². The molecular formula is C11H11Cl2F2NO3S. The molecule has 0 bridgehead atoms. The molecule has 4 nitrogen and oxygen atoms in total. The van der Waals surface area contributed by atoms with Crippen molar-refractivity contribution >= 4 is 37.2 Å².